The summed E-state index contributed by atoms with van der Waals surface area (Å²) >= 11 is 0. The van der Waals surface area contributed by atoms with E-state index in [-0.39, 0.29) is 0 Å². The summed E-state index contributed by atoms with van der Waals surface area (Å²) in [7, 11) is 0. The Morgan fingerprint density at radius 3 is 1.07 bits per heavy atom. The Morgan fingerprint density at radius 2 is 0.500 bits per heavy atom. The highest BCUT2D eigenvalue weighted by Gasteiger charge is 2.05. The number of benzene rings is 15. The summed E-state index contributed by atoms with van der Waals surface area (Å²) in [6, 6.07) is 120. The zero-order chi connectivity index (χ0) is 59.5. The average molecular weight is 1110 g/mol. The number of rotatable bonds is 4. The molecule has 0 amide bonds. The van der Waals surface area contributed by atoms with E-state index in [4.69, 9.17) is 0 Å². The van der Waals surface area contributed by atoms with Crippen LogP contribution in [0.5, 0.6) is 0 Å². The smallest absolute Gasteiger partial charge is 0.0105 e. The van der Waals surface area contributed by atoms with Crippen molar-refractivity contribution in [3.05, 3.63) is 373 Å². The topological polar surface area (TPSA) is 0 Å². The molecule has 0 spiro atoms. The Bertz CT molecular complexity index is 4600. The number of hydrogen-bond donors (Lipinski definition) is 0. The number of aryl methyl sites for hydroxylation is 6. The molecule has 0 saturated heterocycles. The van der Waals surface area contributed by atoms with Gasteiger partial charge in [0.2, 0.25) is 0 Å². The summed E-state index contributed by atoms with van der Waals surface area (Å²) < 4.78 is 0. The van der Waals surface area contributed by atoms with E-state index in [0.29, 0.717) is 0 Å². The van der Waals surface area contributed by atoms with Gasteiger partial charge >= 0.3 is 0 Å². The van der Waals surface area contributed by atoms with Crippen molar-refractivity contribution in [3.8, 4) is 44.5 Å². The highest BCUT2D eigenvalue weighted by atomic mass is 14.1. The molecule has 15 rings (SSSR count). The van der Waals surface area contributed by atoms with Gasteiger partial charge in [-0.15, -0.1) is 0 Å². The molecule has 0 bridgehead atoms. The molecule has 0 N–H and O–H groups in total. The van der Waals surface area contributed by atoms with Crippen molar-refractivity contribution in [2.24, 2.45) is 0 Å². The van der Waals surface area contributed by atoms with Crippen LogP contribution in [0, 0.1) is 41.5 Å². The molecule has 0 aliphatic rings. The summed E-state index contributed by atoms with van der Waals surface area (Å²) in [5, 5.41) is 13.2. The molecule has 15 aromatic rings. The van der Waals surface area contributed by atoms with Gasteiger partial charge in [-0.1, -0.05) is 356 Å². The van der Waals surface area contributed by atoms with Gasteiger partial charge in [0.1, 0.15) is 0 Å². The number of hydrogen-bond acceptors (Lipinski definition) is 0. The van der Waals surface area contributed by atoms with Crippen LogP contribution in [-0.2, 0) is 0 Å². The zero-order valence-electron chi connectivity index (χ0n) is 50.3. The minimum absolute atomic E-state index is 1.28. The highest BCUT2D eigenvalue weighted by Crippen LogP contribution is 2.31. The first kappa shape index (κ1) is 58.8. The SMILES string of the molecule is Cc1ccc(-c2ccc3ccccc3c2)cc1.Cc1ccc(-c2cccc3ccccc23)cc1.Cc1ccc2ccccc2c1.Cc1cccc(-c2cccc3ccccc23)c1.Cc1cccc2ccccc12.Cc1ccccc1-c1ccccc1. The first-order valence-electron chi connectivity index (χ1n) is 29.8. The van der Waals surface area contributed by atoms with E-state index >= 15 is 0 Å². The van der Waals surface area contributed by atoms with Gasteiger partial charge < -0.3 is 0 Å². The highest BCUT2D eigenvalue weighted by molar-refractivity contribution is 5.98. The maximum Gasteiger partial charge on any atom is -0.0105 e. The Balaban J connectivity index is 0.000000116. The van der Waals surface area contributed by atoms with Crippen molar-refractivity contribution in [1.82, 2.24) is 0 Å². The van der Waals surface area contributed by atoms with Crippen LogP contribution in [0.1, 0.15) is 33.4 Å². The molecule has 15 aromatic carbocycles. The maximum absolute atomic E-state index is 2.25. The van der Waals surface area contributed by atoms with Gasteiger partial charge in [-0.05, 0) is 157 Å². The van der Waals surface area contributed by atoms with E-state index in [1.807, 2.05) is 6.07 Å². The Hall–Kier alpha value is -10.4. The van der Waals surface area contributed by atoms with Crippen molar-refractivity contribution >= 4 is 53.9 Å². The minimum Gasteiger partial charge on any atom is -0.0622 e. The van der Waals surface area contributed by atoms with Gasteiger partial charge in [-0.2, -0.15) is 0 Å². The van der Waals surface area contributed by atoms with Crippen molar-refractivity contribution in [2.45, 2.75) is 41.5 Å². The summed E-state index contributed by atoms with van der Waals surface area (Å²) in [5.41, 5.74) is 18.3. The second kappa shape index (κ2) is 29.2. The molecular weight excluding hydrogens is 1030 g/mol. The van der Waals surface area contributed by atoms with Crippen molar-refractivity contribution in [1.29, 1.82) is 0 Å². The van der Waals surface area contributed by atoms with Crippen molar-refractivity contribution < 1.29 is 0 Å². The van der Waals surface area contributed by atoms with Gasteiger partial charge in [0, 0.05) is 0 Å². The van der Waals surface area contributed by atoms with E-state index in [9.17, 15) is 0 Å². The Kier molecular flexibility index (Phi) is 20.0. The fourth-order valence-corrected chi connectivity index (χ4v) is 10.8. The molecule has 0 unspecified atom stereocenters. The largest absolute Gasteiger partial charge is 0.0622 e. The summed E-state index contributed by atoms with van der Waals surface area (Å²) in [4.78, 5) is 0. The van der Waals surface area contributed by atoms with Gasteiger partial charge in [-0.25, -0.2) is 0 Å². The molecule has 0 aromatic heterocycles. The quantitative estimate of drug-likeness (QED) is 0.165. The molecule has 0 saturated carbocycles. The Morgan fingerprint density at radius 1 is 0.151 bits per heavy atom. The summed E-state index contributed by atoms with van der Waals surface area (Å²) in [6.07, 6.45) is 0. The van der Waals surface area contributed by atoms with Crippen LogP contribution in [0.15, 0.2) is 340 Å². The molecule has 0 heteroatoms. The second-order valence-corrected chi connectivity index (χ2v) is 22.0. The lowest BCUT2D eigenvalue weighted by molar-refractivity contribution is 1.46. The lowest BCUT2D eigenvalue weighted by Crippen LogP contribution is -1.82. The molecule has 0 heterocycles. The lowest BCUT2D eigenvalue weighted by Gasteiger charge is -2.07. The van der Waals surface area contributed by atoms with Crippen LogP contribution in [-0.4, -0.2) is 0 Å². The summed E-state index contributed by atoms with van der Waals surface area (Å²) in [6.45, 7) is 12.8. The van der Waals surface area contributed by atoms with E-state index in [1.165, 1.54) is 132 Å². The van der Waals surface area contributed by atoms with Crippen LogP contribution < -0.4 is 0 Å². The molecule has 86 heavy (non-hydrogen) atoms. The fraction of sp³-hybridized carbons (Fsp3) is 0.0698. The van der Waals surface area contributed by atoms with Gasteiger partial charge in [0.25, 0.3) is 0 Å². The summed E-state index contributed by atoms with van der Waals surface area (Å²) in [5.74, 6) is 0. The fourth-order valence-electron chi connectivity index (χ4n) is 10.8. The molecule has 0 fully saturated rings. The maximum atomic E-state index is 2.25. The van der Waals surface area contributed by atoms with E-state index in [1.54, 1.807) is 0 Å². The van der Waals surface area contributed by atoms with E-state index in [2.05, 4.69) is 375 Å². The first-order chi connectivity index (χ1) is 42.1. The lowest BCUT2D eigenvalue weighted by atomic mass is 9.97. The van der Waals surface area contributed by atoms with E-state index < -0.39 is 0 Å². The normalized spacial score (nSPS) is 10.4. The monoisotopic (exact) mass is 1110 g/mol. The van der Waals surface area contributed by atoms with Gasteiger partial charge in [-0.3, -0.25) is 0 Å². The average Bonchev–Trinajstić information content (AvgIpc) is 3.19. The third-order valence-electron chi connectivity index (χ3n) is 15.5. The predicted molar refractivity (Wildman–Crippen MR) is 376 cm³/mol. The Labute approximate surface area is 510 Å². The van der Waals surface area contributed by atoms with Gasteiger partial charge in [0.15, 0.2) is 0 Å². The molecule has 418 valence electrons. The zero-order valence-corrected chi connectivity index (χ0v) is 50.3. The second-order valence-electron chi connectivity index (χ2n) is 22.0. The first-order valence-corrected chi connectivity index (χ1v) is 29.8. The molecule has 0 aliphatic heterocycles. The number of fused-ring (bicyclic) bond motifs is 5. The molecule has 0 radical (unpaired) electrons. The molecular formula is C86H74. The van der Waals surface area contributed by atoms with Crippen molar-refractivity contribution in [2.75, 3.05) is 0 Å². The van der Waals surface area contributed by atoms with Crippen LogP contribution >= 0.6 is 0 Å². The molecule has 0 aliphatic carbocycles. The van der Waals surface area contributed by atoms with Crippen molar-refractivity contribution in [3.63, 3.8) is 0 Å². The third-order valence-corrected chi connectivity index (χ3v) is 15.5. The van der Waals surface area contributed by atoms with Crippen LogP contribution in [0.25, 0.3) is 98.4 Å². The van der Waals surface area contributed by atoms with E-state index in [0.717, 1.165) is 0 Å². The molecule has 0 nitrogen and oxygen atoms in total. The standard InChI is InChI=1S/3C17H14.C13H12.2C11H10/c1-13-6-4-9-15(12-13)17-11-5-8-14-7-2-3-10-16(14)17;1-13-9-11-15(12-10-13)17-8-4-6-14-5-2-3-7-16(14)17;1-13-6-8-15(9-7-13)17-11-10-14-4-2-3-5-16(14)12-17;1-11-7-5-6-10-13(11)12-8-3-2-4-9-12;1-9-5-4-7-10-6-2-3-8-11(9)10;1-9-6-7-10-4-2-3-5-11(10)8-9/h3*2-12H,1H3;2-10H,1H3;2*2-8H,1H3. The van der Waals surface area contributed by atoms with Crippen LogP contribution in [0.2, 0.25) is 0 Å². The van der Waals surface area contributed by atoms with Gasteiger partial charge in [0.05, 0.1) is 0 Å². The molecule has 0 atom stereocenters. The third kappa shape index (κ3) is 15.6. The minimum atomic E-state index is 1.28. The predicted octanol–water partition coefficient (Wildman–Crippen LogP) is 24.4. The van der Waals surface area contributed by atoms with Crippen LogP contribution in [0.3, 0.4) is 0 Å². The van der Waals surface area contributed by atoms with Crippen LogP contribution in [0.4, 0.5) is 0 Å².